The van der Waals surface area contributed by atoms with Crippen LogP contribution in [0.15, 0.2) is 36.4 Å². The van der Waals surface area contributed by atoms with Crippen LogP contribution >= 0.6 is 0 Å². The first-order chi connectivity index (χ1) is 6.77. The molecule has 1 nitrogen and oxygen atoms in total. The quantitative estimate of drug-likeness (QED) is 0.650. The summed E-state index contributed by atoms with van der Waals surface area (Å²) in [4.78, 5) is 0. The van der Waals surface area contributed by atoms with Gasteiger partial charge in [-0.25, -0.2) is 0 Å². The molecule has 0 spiro atoms. The molecule has 68 valence electrons. The van der Waals surface area contributed by atoms with Gasteiger partial charge in [-0.2, -0.15) is 0 Å². The maximum absolute atomic E-state index is 9.65. The van der Waals surface area contributed by atoms with Crippen molar-refractivity contribution in [1.29, 1.82) is 0 Å². The summed E-state index contributed by atoms with van der Waals surface area (Å²) in [5, 5.41) is 9.65. The van der Waals surface area contributed by atoms with Gasteiger partial charge in [-0.3, -0.25) is 0 Å². The van der Waals surface area contributed by atoms with Crippen molar-refractivity contribution in [1.82, 2.24) is 0 Å². The zero-order valence-electron chi connectivity index (χ0n) is 8.48. The van der Waals surface area contributed by atoms with Crippen molar-refractivity contribution in [2.24, 2.45) is 0 Å². The summed E-state index contributed by atoms with van der Waals surface area (Å²) in [6.45, 7) is 0. The molecular weight excluding hydrogens is 160 g/mol. The number of hydrogen-bond donors (Lipinski definition) is 1. The molecule has 0 heterocycles. The lowest BCUT2D eigenvalue weighted by molar-refractivity contribution is 0.462. The van der Waals surface area contributed by atoms with Gasteiger partial charge in [-0.1, -0.05) is 30.4 Å². The second-order valence-electron chi connectivity index (χ2n) is 3.36. The number of para-hydroxylation sites is 1. The molecular formula is C12H14O. The molecule has 1 aromatic carbocycles. The highest BCUT2D eigenvalue weighted by atomic mass is 16.3. The molecule has 0 saturated carbocycles. The molecule has 2 atom stereocenters. The molecule has 0 aliphatic heterocycles. The third kappa shape index (κ3) is 1.74. The molecule has 1 N–H and O–H groups in total. The minimum Gasteiger partial charge on any atom is -0.508 e. The third-order valence-electron chi connectivity index (χ3n) is 2.46. The first-order valence-electron chi connectivity index (χ1n) is 5.23. The van der Waals surface area contributed by atoms with Gasteiger partial charge in [0.2, 0.25) is 0 Å². The third-order valence-corrected chi connectivity index (χ3v) is 2.46. The number of rotatable bonds is 1. The molecule has 1 aliphatic rings. The summed E-state index contributed by atoms with van der Waals surface area (Å²) in [6.07, 6.45) is 5.74. The fourth-order valence-electron chi connectivity index (χ4n) is 1.74. The maximum Gasteiger partial charge on any atom is 0.119 e. The molecule has 0 unspecified atom stereocenters. The van der Waals surface area contributed by atoms with Crippen molar-refractivity contribution < 1.29 is 6.48 Å². The molecule has 0 fully saturated rings. The normalized spacial score (nSPS) is 28.5. The molecule has 13 heavy (non-hydrogen) atoms. The van der Waals surface area contributed by atoms with Crippen LogP contribution in [0.1, 0.15) is 32.1 Å². The zero-order chi connectivity index (χ0) is 9.97. The SMILES string of the molecule is [2H][C@H]1C=C[C@@H](c2ccccc2O)CC1. The van der Waals surface area contributed by atoms with Crippen LogP contribution in [0.3, 0.4) is 0 Å². The zero-order valence-corrected chi connectivity index (χ0v) is 7.48. The largest absolute Gasteiger partial charge is 0.508 e. The highest BCUT2D eigenvalue weighted by molar-refractivity contribution is 5.37. The Morgan fingerprint density at radius 1 is 1.38 bits per heavy atom. The number of allylic oxidation sites excluding steroid dienone is 2. The minimum absolute atomic E-state index is 0.0582. The van der Waals surface area contributed by atoms with Crippen LogP contribution in [0.2, 0.25) is 0 Å². The molecule has 0 aromatic heterocycles. The van der Waals surface area contributed by atoms with Crippen LogP contribution < -0.4 is 0 Å². The molecule has 0 amide bonds. The first kappa shape index (κ1) is 7.19. The molecule has 0 bridgehead atoms. The van der Waals surface area contributed by atoms with Crippen molar-refractivity contribution in [3.8, 4) is 5.75 Å². The second-order valence-corrected chi connectivity index (χ2v) is 3.36. The summed E-state index contributed by atoms with van der Waals surface area (Å²) in [6, 6.07) is 7.44. The van der Waals surface area contributed by atoms with Gasteiger partial charge in [0, 0.05) is 12.9 Å². The Labute approximate surface area is 80.1 Å². The lowest BCUT2D eigenvalue weighted by Crippen LogP contribution is -1.99. The van der Waals surface area contributed by atoms with Gasteiger partial charge in [0.25, 0.3) is 0 Å². The maximum atomic E-state index is 9.65. The predicted molar refractivity (Wildman–Crippen MR) is 53.8 cm³/mol. The van der Waals surface area contributed by atoms with E-state index in [0.717, 1.165) is 18.4 Å². The van der Waals surface area contributed by atoms with Crippen LogP contribution in [0, 0.1) is 0 Å². The Balaban J connectivity index is 2.24. The van der Waals surface area contributed by atoms with Gasteiger partial charge in [0.1, 0.15) is 5.75 Å². The summed E-state index contributed by atoms with van der Waals surface area (Å²) in [7, 11) is 0. The number of benzene rings is 1. The number of aromatic hydroxyl groups is 1. The van der Waals surface area contributed by atoms with Gasteiger partial charge in [0.05, 0.1) is 0 Å². The predicted octanol–water partition coefficient (Wildman–Crippen LogP) is 3.22. The van der Waals surface area contributed by atoms with E-state index in [1.54, 1.807) is 6.07 Å². The van der Waals surface area contributed by atoms with Crippen molar-refractivity contribution in [2.75, 3.05) is 0 Å². The van der Waals surface area contributed by atoms with E-state index in [-0.39, 0.29) is 12.3 Å². The number of hydrogen-bond acceptors (Lipinski definition) is 1. The average Bonchev–Trinajstić information content (AvgIpc) is 2.20. The van der Waals surface area contributed by atoms with Crippen LogP contribution in [0.25, 0.3) is 0 Å². The summed E-state index contributed by atoms with van der Waals surface area (Å²) in [5.41, 5.74) is 0.982. The Morgan fingerprint density at radius 2 is 2.23 bits per heavy atom. The average molecular weight is 175 g/mol. The van der Waals surface area contributed by atoms with Crippen LogP contribution in [-0.2, 0) is 0 Å². The number of phenols is 1. The Morgan fingerprint density at radius 3 is 2.92 bits per heavy atom. The Bertz CT molecular complexity index is 346. The molecule has 1 aliphatic carbocycles. The van der Waals surface area contributed by atoms with E-state index < -0.39 is 0 Å². The summed E-state index contributed by atoms with van der Waals surface area (Å²) < 4.78 is 7.53. The number of phenolic OH excluding ortho intramolecular Hbond substituents is 1. The fraction of sp³-hybridized carbons (Fsp3) is 0.333. The van der Waals surface area contributed by atoms with Crippen molar-refractivity contribution in [2.45, 2.75) is 25.2 Å². The van der Waals surface area contributed by atoms with E-state index >= 15 is 0 Å². The van der Waals surface area contributed by atoms with Gasteiger partial charge in [-0.05, 0) is 25.3 Å². The lowest BCUT2D eigenvalue weighted by atomic mass is 9.89. The van der Waals surface area contributed by atoms with Gasteiger partial charge in [0.15, 0.2) is 0 Å². The van der Waals surface area contributed by atoms with Crippen LogP contribution in [0.5, 0.6) is 5.75 Å². The summed E-state index contributed by atoms with van der Waals surface area (Å²) in [5.74, 6) is 0.656. The van der Waals surface area contributed by atoms with Crippen LogP contribution in [-0.4, -0.2) is 5.11 Å². The van der Waals surface area contributed by atoms with Crippen LogP contribution in [0.4, 0.5) is 0 Å². The Kier molecular flexibility index (Phi) is 2.02. The van der Waals surface area contributed by atoms with Gasteiger partial charge < -0.3 is 5.11 Å². The fourth-order valence-corrected chi connectivity index (χ4v) is 1.74. The van der Waals surface area contributed by atoms with Crippen molar-refractivity contribution in [3.63, 3.8) is 0 Å². The molecule has 1 aromatic rings. The highest BCUT2D eigenvalue weighted by Gasteiger charge is 2.13. The molecule has 2 rings (SSSR count). The monoisotopic (exact) mass is 175 g/mol. The standard InChI is InChI=1S/C12H14O/c13-12-9-5-4-8-11(12)10-6-2-1-3-7-10/h2,4-6,8-10,13H,1,3,7H2/t10-/m1/s1/i1D/t1-,10+/m0. The molecule has 0 radical (unpaired) electrons. The second kappa shape index (κ2) is 3.65. The topological polar surface area (TPSA) is 20.2 Å². The smallest absolute Gasteiger partial charge is 0.119 e. The van der Waals surface area contributed by atoms with Crippen molar-refractivity contribution in [3.05, 3.63) is 42.0 Å². The Hall–Kier alpha value is -1.24. The van der Waals surface area contributed by atoms with E-state index in [2.05, 4.69) is 0 Å². The van der Waals surface area contributed by atoms with Gasteiger partial charge in [-0.15, -0.1) is 0 Å². The van der Waals surface area contributed by atoms with Crippen molar-refractivity contribution >= 4 is 0 Å². The van der Waals surface area contributed by atoms with E-state index in [9.17, 15) is 5.11 Å². The van der Waals surface area contributed by atoms with E-state index in [0.29, 0.717) is 5.75 Å². The van der Waals surface area contributed by atoms with E-state index in [4.69, 9.17) is 1.37 Å². The summed E-state index contributed by atoms with van der Waals surface area (Å²) >= 11 is 0. The molecule has 0 saturated heterocycles. The van der Waals surface area contributed by atoms with E-state index in [1.165, 1.54) is 0 Å². The molecule has 1 heteroatoms. The lowest BCUT2D eigenvalue weighted by Gasteiger charge is -2.17. The first-order valence-corrected chi connectivity index (χ1v) is 4.66. The minimum atomic E-state index is -0.0582. The van der Waals surface area contributed by atoms with Gasteiger partial charge >= 0.3 is 0 Å². The van der Waals surface area contributed by atoms with E-state index in [1.807, 2.05) is 30.4 Å². The highest BCUT2D eigenvalue weighted by Crippen LogP contribution is 2.32.